The van der Waals surface area contributed by atoms with Gasteiger partial charge in [0.2, 0.25) is 12.3 Å². The molecule has 1 N–H and O–H groups in total. The zero-order chi connectivity index (χ0) is 18.5. The van der Waals surface area contributed by atoms with Crippen molar-refractivity contribution in [2.75, 3.05) is 5.32 Å². The molecule has 0 unspecified atom stereocenters. The van der Waals surface area contributed by atoms with Gasteiger partial charge in [-0.2, -0.15) is 4.57 Å². The van der Waals surface area contributed by atoms with Crippen LogP contribution in [0.5, 0.6) is 0 Å². The van der Waals surface area contributed by atoms with E-state index in [9.17, 15) is 9.59 Å². The molecule has 0 radical (unpaired) electrons. The summed E-state index contributed by atoms with van der Waals surface area (Å²) < 4.78 is 1.90. The van der Waals surface area contributed by atoms with Crippen LogP contribution in [0.3, 0.4) is 0 Å². The first-order chi connectivity index (χ1) is 12.5. The number of benzene rings is 2. The lowest BCUT2D eigenvalue weighted by atomic mass is 10.1. The zero-order valence-electron chi connectivity index (χ0n) is 14.9. The van der Waals surface area contributed by atoms with Gasteiger partial charge < -0.3 is 5.32 Å². The van der Waals surface area contributed by atoms with Gasteiger partial charge in [-0.1, -0.05) is 18.2 Å². The Morgan fingerprint density at radius 2 is 1.46 bits per heavy atom. The van der Waals surface area contributed by atoms with Crippen LogP contribution in [0.2, 0.25) is 0 Å². The highest BCUT2D eigenvalue weighted by atomic mass is 16.1. The van der Waals surface area contributed by atoms with E-state index in [1.807, 2.05) is 49.0 Å². The van der Waals surface area contributed by atoms with Crippen molar-refractivity contribution >= 4 is 17.4 Å². The van der Waals surface area contributed by atoms with Crippen LogP contribution in [-0.2, 0) is 6.54 Å². The number of aryl methyl sites for hydroxylation is 2. The highest BCUT2D eigenvalue weighted by Crippen LogP contribution is 2.12. The molecule has 0 spiro atoms. The Morgan fingerprint density at radius 1 is 0.846 bits per heavy atom. The molecule has 0 bridgehead atoms. The maximum atomic E-state index is 12.5. The van der Waals surface area contributed by atoms with Gasteiger partial charge in [-0.15, -0.1) is 0 Å². The quantitative estimate of drug-likeness (QED) is 0.566. The molecular formula is C22H21N2O2+. The predicted molar refractivity (Wildman–Crippen MR) is 101 cm³/mol. The molecule has 0 aliphatic rings. The molecule has 1 heterocycles. The van der Waals surface area contributed by atoms with Crippen molar-refractivity contribution in [3.8, 4) is 0 Å². The number of nitrogens with one attached hydrogen (secondary N) is 1. The molecule has 0 saturated heterocycles. The SMILES string of the molecule is Cc1cc(C)c[n+](CC(=O)c2ccc(NC(=O)c3ccccc3)cc2)c1. The number of carbonyl (C=O) groups is 2. The lowest BCUT2D eigenvalue weighted by molar-refractivity contribution is -0.683. The highest BCUT2D eigenvalue weighted by molar-refractivity contribution is 6.04. The number of Topliss-reactive ketones (excluding diaryl/α,β-unsaturated/α-hetero) is 1. The molecule has 3 rings (SSSR count). The smallest absolute Gasteiger partial charge is 0.255 e. The third kappa shape index (κ3) is 4.42. The molecule has 4 heteroatoms. The molecule has 1 amide bonds. The van der Waals surface area contributed by atoms with Crippen LogP contribution >= 0.6 is 0 Å². The number of aromatic nitrogens is 1. The summed E-state index contributed by atoms with van der Waals surface area (Å²) in [7, 11) is 0. The minimum absolute atomic E-state index is 0.0286. The van der Waals surface area contributed by atoms with Crippen LogP contribution in [0, 0.1) is 13.8 Å². The Labute approximate surface area is 153 Å². The van der Waals surface area contributed by atoms with Gasteiger partial charge in [-0.25, -0.2) is 0 Å². The Kier molecular flexibility index (Phi) is 5.23. The van der Waals surface area contributed by atoms with Crippen molar-refractivity contribution in [1.82, 2.24) is 0 Å². The van der Waals surface area contributed by atoms with Gasteiger partial charge in [0, 0.05) is 27.9 Å². The number of nitrogens with zero attached hydrogens (tertiary/aromatic N) is 1. The molecule has 0 atom stereocenters. The number of hydrogen-bond acceptors (Lipinski definition) is 2. The van der Waals surface area contributed by atoms with E-state index in [1.54, 1.807) is 36.4 Å². The molecule has 0 saturated carbocycles. The van der Waals surface area contributed by atoms with Crippen molar-refractivity contribution in [2.45, 2.75) is 20.4 Å². The van der Waals surface area contributed by atoms with Gasteiger partial charge in [-0.05, 0) is 56.3 Å². The van der Waals surface area contributed by atoms with Crippen LogP contribution in [-0.4, -0.2) is 11.7 Å². The van der Waals surface area contributed by atoms with E-state index in [4.69, 9.17) is 0 Å². The fourth-order valence-electron chi connectivity index (χ4n) is 2.87. The van der Waals surface area contributed by atoms with Gasteiger partial charge in [0.1, 0.15) is 0 Å². The second-order valence-electron chi connectivity index (χ2n) is 6.38. The number of anilines is 1. The third-order valence-electron chi connectivity index (χ3n) is 4.02. The molecule has 3 aromatic rings. The minimum Gasteiger partial charge on any atom is -0.322 e. The van der Waals surface area contributed by atoms with E-state index in [0.29, 0.717) is 16.8 Å². The van der Waals surface area contributed by atoms with Crippen LogP contribution < -0.4 is 9.88 Å². The molecule has 4 nitrogen and oxygen atoms in total. The first-order valence-electron chi connectivity index (χ1n) is 8.48. The van der Waals surface area contributed by atoms with E-state index in [1.165, 1.54) is 0 Å². The fourth-order valence-corrected chi connectivity index (χ4v) is 2.87. The van der Waals surface area contributed by atoms with Crippen LogP contribution in [0.25, 0.3) is 0 Å². The molecule has 1 aromatic heterocycles. The standard InChI is InChI=1S/C22H20N2O2/c1-16-12-17(2)14-24(13-16)15-21(25)18-8-10-20(11-9-18)23-22(26)19-6-4-3-5-7-19/h3-14H,15H2,1-2H3/p+1. The number of hydrogen-bond donors (Lipinski definition) is 1. The Bertz CT molecular complexity index is 912. The summed E-state index contributed by atoms with van der Waals surface area (Å²) in [6, 6.07) is 18.1. The van der Waals surface area contributed by atoms with E-state index < -0.39 is 0 Å². The maximum Gasteiger partial charge on any atom is 0.255 e. The molecular weight excluding hydrogens is 324 g/mol. The fraction of sp³-hybridized carbons (Fsp3) is 0.136. The van der Waals surface area contributed by atoms with Gasteiger partial charge in [-0.3, -0.25) is 9.59 Å². The lowest BCUT2D eigenvalue weighted by Crippen LogP contribution is -2.38. The highest BCUT2D eigenvalue weighted by Gasteiger charge is 2.13. The summed E-state index contributed by atoms with van der Waals surface area (Å²) in [5.74, 6) is -0.142. The molecule has 130 valence electrons. The van der Waals surface area contributed by atoms with Crippen molar-refractivity contribution in [2.24, 2.45) is 0 Å². The summed E-state index contributed by atoms with van der Waals surface area (Å²) >= 11 is 0. The summed E-state index contributed by atoms with van der Waals surface area (Å²) in [6.07, 6.45) is 3.92. The summed E-state index contributed by atoms with van der Waals surface area (Å²) in [4.78, 5) is 24.6. The minimum atomic E-state index is -0.171. The van der Waals surface area contributed by atoms with Crippen LogP contribution in [0.15, 0.2) is 73.1 Å². The van der Waals surface area contributed by atoms with Gasteiger partial charge >= 0.3 is 0 Å². The zero-order valence-corrected chi connectivity index (χ0v) is 14.9. The molecule has 0 aliphatic carbocycles. The molecule has 0 aliphatic heterocycles. The van der Waals surface area contributed by atoms with E-state index in [-0.39, 0.29) is 18.2 Å². The van der Waals surface area contributed by atoms with Gasteiger partial charge in [0.25, 0.3) is 5.91 Å². The third-order valence-corrected chi connectivity index (χ3v) is 4.02. The Balaban J connectivity index is 1.67. The van der Waals surface area contributed by atoms with Gasteiger partial charge in [0.05, 0.1) is 0 Å². The number of carbonyl (C=O) groups excluding carboxylic acids is 2. The van der Waals surface area contributed by atoms with Crippen molar-refractivity contribution in [3.05, 3.63) is 95.3 Å². The maximum absolute atomic E-state index is 12.5. The number of pyridine rings is 1. The largest absolute Gasteiger partial charge is 0.322 e. The van der Waals surface area contributed by atoms with Crippen LogP contribution in [0.1, 0.15) is 31.8 Å². The van der Waals surface area contributed by atoms with Crippen LogP contribution in [0.4, 0.5) is 5.69 Å². The first kappa shape index (κ1) is 17.5. The van der Waals surface area contributed by atoms with Crippen molar-refractivity contribution in [1.29, 1.82) is 0 Å². The summed E-state index contributed by atoms with van der Waals surface area (Å²) in [6.45, 7) is 4.31. The average Bonchev–Trinajstić information content (AvgIpc) is 2.62. The van der Waals surface area contributed by atoms with Crippen molar-refractivity contribution < 1.29 is 14.2 Å². The van der Waals surface area contributed by atoms with E-state index in [0.717, 1.165) is 11.1 Å². The summed E-state index contributed by atoms with van der Waals surface area (Å²) in [5.41, 5.74) is 4.12. The average molecular weight is 345 g/mol. The number of ketones is 1. The predicted octanol–water partition coefficient (Wildman–Crippen LogP) is 3.73. The topological polar surface area (TPSA) is 50.0 Å². The van der Waals surface area contributed by atoms with Gasteiger partial charge in [0.15, 0.2) is 12.4 Å². The van der Waals surface area contributed by atoms with E-state index in [2.05, 4.69) is 11.4 Å². The molecule has 2 aromatic carbocycles. The summed E-state index contributed by atoms with van der Waals surface area (Å²) in [5, 5.41) is 2.83. The molecule has 0 fully saturated rings. The monoisotopic (exact) mass is 345 g/mol. The first-order valence-corrected chi connectivity index (χ1v) is 8.48. The Hall–Kier alpha value is -3.27. The van der Waals surface area contributed by atoms with Crippen molar-refractivity contribution in [3.63, 3.8) is 0 Å². The lowest BCUT2D eigenvalue weighted by Gasteiger charge is -2.06. The van der Waals surface area contributed by atoms with E-state index >= 15 is 0 Å². The second kappa shape index (κ2) is 7.74. The molecule has 26 heavy (non-hydrogen) atoms. The normalized spacial score (nSPS) is 10.4. The number of rotatable bonds is 5. The second-order valence-corrected chi connectivity index (χ2v) is 6.38. The Morgan fingerprint density at radius 3 is 2.08 bits per heavy atom. The number of amides is 1.